The van der Waals surface area contributed by atoms with Gasteiger partial charge >= 0.3 is 5.97 Å². The molecule has 0 aliphatic rings. The Labute approximate surface area is 112 Å². The predicted octanol–water partition coefficient (Wildman–Crippen LogP) is 2.66. The van der Waals surface area contributed by atoms with Crippen LogP contribution in [-0.4, -0.2) is 23.2 Å². The number of hydrogen-bond donors (Lipinski definition) is 1. The average Bonchev–Trinajstić information content (AvgIpc) is 2.15. The molecule has 0 fully saturated rings. The summed E-state index contributed by atoms with van der Waals surface area (Å²) in [4.78, 5) is 16.3. The van der Waals surface area contributed by atoms with Crippen molar-refractivity contribution in [1.82, 2.24) is 5.48 Å². The van der Waals surface area contributed by atoms with Gasteiger partial charge in [0.25, 0.3) is 0 Å². The van der Waals surface area contributed by atoms with Crippen LogP contribution in [0.3, 0.4) is 0 Å². The maximum Gasteiger partial charge on any atom is 0.306 e. The Balaban J connectivity index is 3.43. The van der Waals surface area contributed by atoms with Crippen LogP contribution in [0.5, 0.6) is 0 Å². The van der Waals surface area contributed by atoms with Crippen molar-refractivity contribution in [3.05, 3.63) is 0 Å². The minimum atomic E-state index is -0.121. The van der Waals surface area contributed by atoms with Gasteiger partial charge in [0.2, 0.25) is 0 Å². The lowest BCUT2D eigenvalue weighted by Gasteiger charge is -2.15. The van der Waals surface area contributed by atoms with Crippen LogP contribution in [0.25, 0.3) is 0 Å². The smallest absolute Gasteiger partial charge is 0.306 e. The van der Waals surface area contributed by atoms with E-state index in [9.17, 15) is 4.79 Å². The average molecular weight is 343 g/mol. The molecule has 0 amide bonds. The van der Waals surface area contributed by atoms with E-state index in [-0.39, 0.29) is 12.1 Å². The minimum absolute atomic E-state index is 0.0195. The molecule has 16 heavy (non-hydrogen) atoms. The number of hydrogen-bond acceptors (Lipinski definition) is 4. The summed E-state index contributed by atoms with van der Waals surface area (Å²) in [5.41, 5.74) is 2.76. The number of esters is 1. The fraction of sp³-hybridized carbons (Fsp3) is 0.909. The van der Waals surface area contributed by atoms with Crippen LogP contribution >= 0.6 is 22.6 Å². The first-order valence-corrected chi connectivity index (χ1v) is 7.19. The topological polar surface area (TPSA) is 47.6 Å². The van der Waals surface area contributed by atoms with Gasteiger partial charge in [0.05, 0.1) is 6.10 Å². The number of carbonyl (C=O) groups is 1. The fourth-order valence-corrected chi connectivity index (χ4v) is 1.63. The molecule has 0 saturated heterocycles. The van der Waals surface area contributed by atoms with Gasteiger partial charge < -0.3 is 4.74 Å². The van der Waals surface area contributed by atoms with E-state index < -0.39 is 0 Å². The summed E-state index contributed by atoms with van der Waals surface area (Å²) in [5.74, 6) is 0.436. The van der Waals surface area contributed by atoms with Gasteiger partial charge in [-0.25, -0.2) is 5.48 Å². The Kier molecular flexibility index (Phi) is 10.4. The van der Waals surface area contributed by atoms with Crippen molar-refractivity contribution in [3.8, 4) is 0 Å². The third kappa shape index (κ3) is 10.6. The van der Waals surface area contributed by atoms with Crippen LogP contribution in [-0.2, 0) is 14.4 Å². The Morgan fingerprint density at radius 1 is 1.38 bits per heavy atom. The molecule has 0 heterocycles. The summed E-state index contributed by atoms with van der Waals surface area (Å²) in [6, 6.07) is 0. The highest BCUT2D eigenvalue weighted by Crippen LogP contribution is 2.08. The normalized spacial score (nSPS) is 12.8. The molecule has 0 bridgehead atoms. The highest BCUT2D eigenvalue weighted by Gasteiger charge is 2.10. The summed E-state index contributed by atoms with van der Waals surface area (Å²) in [5, 5.41) is 0. The van der Waals surface area contributed by atoms with Crippen molar-refractivity contribution in [2.24, 2.45) is 5.92 Å². The second-order valence-corrected chi connectivity index (χ2v) is 4.80. The van der Waals surface area contributed by atoms with E-state index in [2.05, 4.69) is 41.9 Å². The Morgan fingerprint density at radius 2 is 2.06 bits per heavy atom. The van der Waals surface area contributed by atoms with Crippen LogP contribution in [0, 0.1) is 5.92 Å². The largest absolute Gasteiger partial charge is 0.463 e. The fourth-order valence-electron chi connectivity index (χ4n) is 1.41. The highest BCUT2D eigenvalue weighted by molar-refractivity contribution is 14.1. The summed E-state index contributed by atoms with van der Waals surface area (Å²) >= 11 is 2.10. The molecule has 0 aromatic carbocycles. The van der Waals surface area contributed by atoms with Crippen LogP contribution in [0.4, 0.5) is 0 Å². The number of hydroxylamine groups is 1. The molecular weight excluding hydrogens is 321 g/mol. The van der Waals surface area contributed by atoms with E-state index in [0.717, 1.165) is 12.8 Å². The predicted molar refractivity (Wildman–Crippen MR) is 72.2 cm³/mol. The van der Waals surface area contributed by atoms with Crippen molar-refractivity contribution < 1.29 is 14.4 Å². The van der Waals surface area contributed by atoms with Gasteiger partial charge in [0.1, 0.15) is 4.61 Å². The molecule has 0 aromatic rings. The van der Waals surface area contributed by atoms with Crippen molar-refractivity contribution in [1.29, 1.82) is 0 Å². The Bertz CT molecular complexity index is 188. The zero-order chi connectivity index (χ0) is 12.4. The molecular formula is C11H22INO3. The molecule has 5 heteroatoms. The Morgan fingerprint density at radius 3 is 2.62 bits per heavy atom. The SMILES string of the molecule is CC(C)CC(C)OC(=O)CCCNOCI. The number of ether oxygens (including phenoxy) is 1. The van der Waals surface area contributed by atoms with Crippen molar-refractivity contribution in [2.75, 3.05) is 11.2 Å². The van der Waals surface area contributed by atoms with Gasteiger partial charge in [0, 0.05) is 13.0 Å². The third-order valence-corrected chi connectivity index (χ3v) is 2.26. The molecule has 1 N–H and O–H groups in total. The second kappa shape index (κ2) is 10.3. The Hall–Kier alpha value is 0.120. The van der Waals surface area contributed by atoms with E-state index in [4.69, 9.17) is 9.57 Å². The zero-order valence-electron chi connectivity index (χ0n) is 10.3. The molecule has 4 nitrogen and oxygen atoms in total. The van der Waals surface area contributed by atoms with E-state index in [0.29, 0.717) is 23.5 Å². The summed E-state index contributed by atoms with van der Waals surface area (Å²) in [6.45, 7) is 6.86. The van der Waals surface area contributed by atoms with Crippen molar-refractivity contribution in [3.63, 3.8) is 0 Å². The maximum atomic E-state index is 11.4. The molecule has 0 radical (unpaired) electrons. The van der Waals surface area contributed by atoms with Crippen LogP contribution in [0.1, 0.15) is 40.0 Å². The first kappa shape index (κ1) is 16.1. The van der Waals surface area contributed by atoms with Crippen molar-refractivity contribution >= 4 is 28.6 Å². The number of carbonyl (C=O) groups excluding carboxylic acids is 1. The first-order chi connectivity index (χ1) is 7.56. The van der Waals surface area contributed by atoms with Gasteiger partial charge in [-0.3, -0.25) is 9.63 Å². The van der Waals surface area contributed by atoms with E-state index in [1.54, 1.807) is 0 Å². The summed E-state index contributed by atoms with van der Waals surface area (Å²) in [7, 11) is 0. The van der Waals surface area contributed by atoms with Gasteiger partial charge in [0.15, 0.2) is 0 Å². The molecule has 0 spiro atoms. The molecule has 0 rings (SSSR count). The standard InChI is InChI=1S/C11H22INO3/c1-9(2)7-10(3)16-11(14)5-4-6-13-15-8-12/h9-10,13H,4-8H2,1-3H3. The second-order valence-electron chi connectivity index (χ2n) is 4.18. The molecule has 1 unspecified atom stereocenters. The maximum absolute atomic E-state index is 11.4. The molecule has 0 aromatic heterocycles. The molecule has 96 valence electrons. The van der Waals surface area contributed by atoms with Crippen LogP contribution in [0.15, 0.2) is 0 Å². The van der Waals surface area contributed by atoms with Gasteiger partial charge in [-0.05, 0) is 25.7 Å². The van der Waals surface area contributed by atoms with Gasteiger partial charge in [-0.1, -0.05) is 36.4 Å². The minimum Gasteiger partial charge on any atom is -0.463 e. The lowest BCUT2D eigenvalue weighted by Crippen LogP contribution is -2.19. The molecule has 1 atom stereocenters. The highest BCUT2D eigenvalue weighted by atomic mass is 127. The quantitative estimate of drug-likeness (QED) is 0.230. The first-order valence-electron chi connectivity index (χ1n) is 5.66. The van der Waals surface area contributed by atoms with Gasteiger partial charge in [-0.2, -0.15) is 0 Å². The van der Waals surface area contributed by atoms with Crippen LogP contribution < -0.4 is 5.48 Å². The van der Waals surface area contributed by atoms with Gasteiger partial charge in [-0.15, -0.1) is 0 Å². The lowest BCUT2D eigenvalue weighted by atomic mass is 10.1. The number of alkyl halides is 1. The van der Waals surface area contributed by atoms with E-state index in [1.165, 1.54) is 0 Å². The third-order valence-electron chi connectivity index (χ3n) is 1.95. The number of halogens is 1. The zero-order valence-corrected chi connectivity index (χ0v) is 12.5. The summed E-state index contributed by atoms with van der Waals surface area (Å²) in [6.07, 6.45) is 2.12. The summed E-state index contributed by atoms with van der Waals surface area (Å²) < 4.78 is 5.86. The number of rotatable bonds is 9. The molecule has 0 saturated carbocycles. The van der Waals surface area contributed by atoms with Crippen LogP contribution in [0.2, 0.25) is 0 Å². The molecule has 0 aliphatic heterocycles. The van der Waals surface area contributed by atoms with Crippen molar-refractivity contribution in [2.45, 2.75) is 46.1 Å². The van der Waals surface area contributed by atoms with E-state index >= 15 is 0 Å². The molecule has 0 aliphatic carbocycles. The monoisotopic (exact) mass is 343 g/mol. The number of nitrogens with one attached hydrogen (secondary N) is 1. The van der Waals surface area contributed by atoms with E-state index in [1.807, 2.05) is 6.92 Å². The lowest BCUT2D eigenvalue weighted by molar-refractivity contribution is -0.149.